The molecule has 0 aromatic heterocycles. The first-order chi connectivity index (χ1) is 7.60. The molecule has 4 heteroatoms. The molecule has 0 saturated carbocycles. The Balaban J connectivity index is 3.03. The fourth-order valence-electron chi connectivity index (χ4n) is 1.27. The zero-order valence-electron chi connectivity index (χ0n) is 8.84. The van der Waals surface area contributed by atoms with Crippen LogP contribution in [-0.4, -0.2) is 23.9 Å². The zero-order valence-corrected chi connectivity index (χ0v) is 9.59. The summed E-state index contributed by atoms with van der Waals surface area (Å²) in [6.07, 6.45) is 5.13. The summed E-state index contributed by atoms with van der Waals surface area (Å²) in [6.45, 7) is 2.36. The number of amides is 1. The largest absolute Gasteiger partial charge is 0.328 e. The average Bonchev–Trinajstić information content (AvgIpc) is 2.28. The molecule has 1 aromatic rings. The van der Waals surface area contributed by atoms with E-state index in [9.17, 15) is 9.18 Å². The van der Waals surface area contributed by atoms with E-state index in [4.69, 9.17) is 18.0 Å². The third kappa shape index (κ3) is 2.74. The van der Waals surface area contributed by atoms with E-state index < -0.39 is 11.7 Å². The standard InChI is InChI=1S/C12H11ClFNO/c1-3-7-15(4-2)12(16)10-8-9(13)5-6-11(10)14/h1,5-6,8H,4,7H2,2H3. The van der Waals surface area contributed by atoms with Gasteiger partial charge in [-0.15, -0.1) is 6.42 Å². The van der Waals surface area contributed by atoms with Crippen LogP contribution in [0.5, 0.6) is 0 Å². The van der Waals surface area contributed by atoms with E-state index in [1.807, 2.05) is 0 Å². The third-order valence-corrected chi connectivity index (χ3v) is 2.34. The van der Waals surface area contributed by atoms with Gasteiger partial charge in [-0.3, -0.25) is 4.79 Å². The van der Waals surface area contributed by atoms with Gasteiger partial charge in [0.25, 0.3) is 5.91 Å². The van der Waals surface area contributed by atoms with Crippen molar-refractivity contribution in [3.8, 4) is 12.3 Å². The molecule has 0 radical (unpaired) electrons. The van der Waals surface area contributed by atoms with Gasteiger partial charge in [0.05, 0.1) is 12.1 Å². The molecule has 0 aliphatic carbocycles. The minimum absolute atomic E-state index is 0.0513. The van der Waals surface area contributed by atoms with Gasteiger partial charge in [-0.1, -0.05) is 17.5 Å². The van der Waals surface area contributed by atoms with Gasteiger partial charge in [-0.05, 0) is 25.1 Å². The van der Waals surface area contributed by atoms with Crippen LogP contribution in [0.2, 0.25) is 5.02 Å². The Morgan fingerprint density at radius 2 is 2.31 bits per heavy atom. The fraction of sp³-hybridized carbons (Fsp3) is 0.250. The molecule has 0 spiro atoms. The van der Waals surface area contributed by atoms with Gasteiger partial charge in [0, 0.05) is 11.6 Å². The number of terminal acetylenes is 1. The second kappa shape index (κ2) is 5.53. The molecule has 0 aliphatic rings. The van der Waals surface area contributed by atoms with E-state index in [-0.39, 0.29) is 12.1 Å². The van der Waals surface area contributed by atoms with E-state index in [1.165, 1.54) is 23.1 Å². The van der Waals surface area contributed by atoms with Crippen molar-refractivity contribution in [2.45, 2.75) is 6.92 Å². The lowest BCUT2D eigenvalue weighted by atomic mass is 10.2. The Morgan fingerprint density at radius 1 is 1.62 bits per heavy atom. The van der Waals surface area contributed by atoms with Crippen molar-refractivity contribution in [1.82, 2.24) is 4.90 Å². The first-order valence-electron chi connectivity index (χ1n) is 4.78. The summed E-state index contributed by atoms with van der Waals surface area (Å²) >= 11 is 5.71. The number of halogens is 2. The molecule has 16 heavy (non-hydrogen) atoms. The summed E-state index contributed by atoms with van der Waals surface area (Å²) in [6, 6.07) is 3.86. The van der Waals surface area contributed by atoms with Crippen LogP contribution in [0.15, 0.2) is 18.2 Å². The van der Waals surface area contributed by atoms with E-state index in [2.05, 4.69) is 5.92 Å². The molecule has 0 N–H and O–H groups in total. The predicted octanol–water partition coefficient (Wildman–Crippen LogP) is 2.57. The van der Waals surface area contributed by atoms with Gasteiger partial charge < -0.3 is 4.90 Å². The molecule has 0 atom stereocenters. The molecular weight excluding hydrogens is 229 g/mol. The lowest BCUT2D eigenvalue weighted by Gasteiger charge is -2.18. The van der Waals surface area contributed by atoms with Crippen LogP contribution >= 0.6 is 11.6 Å². The maximum Gasteiger partial charge on any atom is 0.257 e. The normalized spacial score (nSPS) is 9.62. The third-order valence-electron chi connectivity index (χ3n) is 2.11. The molecule has 0 saturated heterocycles. The average molecular weight is 240 g/mol. The Hall–Kier alpha value is -1.53. The highest BCUT2D eigenvalue weighted by molar-refractivity contribution is 6.31. The summed E-state index contributed by atoms with van der Waals surface area (Å²) in [4.78, 5) is 13.2. The predicted molar refractivity (Wildman–Crippen MR) is 61.8 cm³/mol. The van der Waals surface area contributed by atoms with Crippen molar-refractivity contribution in [2.75, 3.05) is 13.1 Å². The van der Waals surface area contributed by atoms with Gasteiger partial charge in [-0.25, -0.2) is 4.39 Å². The van der Waals surface area contributed by atoms with Crippen molar-refractivity contribution in [2.24, 2.45) is 0 Å². The SMILES string of the molecule is C#CCN(CC)C(=O)c1cc(Cl)ccc1F. The zero-order chi connectivity index (χ0) is 12.1. The topological polar surface area (TPSA) is 20.3 Å². The first kappa shape index (κ1) is 12.5. The van der Waals surface area contributed by atoms with Crippen LogP contribution in [0.4, 0.5) is 4.39 Å². The molecule has 2 nitrogen and oxygen atoms in total. The van der Waals surface area contributed by atoms with Crippen LogP contribution in [0.3, 0.4) is 0 Å². The van der Waals surface area contributed by atoms with Crippen LogP contribution in [-0.2, 0) is 0 Å². The second-order valence-electron chi connectivity index (χ2n) is 3.15. The minimum atomic E-state index is -0.593. The van der Waals surface area contributed by atoms with Crippen molar-refractivity contribution in [3.63, 3.8) is 0 Å². The Bertz CT molecular complexity index is 439. The summed E-state index contributed by atoms with van der Waals surface area (Å²) in [5.74, 6) is 1.32. The molecule has 0 unspecified atom stereocenters. The van der Waals surface area contributed by atoms with Crippen molar-refractivity contribution < 1.29 is 9.18 Å². The van der Waals surface area contributed by atoms with Crippen molar-refractivity contribution >= 4 is 17.5 Å². The van der Waals surface area contributed by atoms with Gasteiger partial charge in [0.1, 0.15) is 5.82 Å². The highest BCUT2D eigenvalue weighted by Crippen LogP contribution is 2.16. The molecule has 0 aliphatic heterocycles. The highest BCUT2D eigenvalue weighted by Gasteiger charge is 2.17. The van der Waals surface area contributed by atoms with Crippen molar-refractivity contribution in [3.05, 3.63) is 34.6 Å². The Labute approximate surface area is 99.0 Å². The molecule has 0 fully saturated rings. The number of nitrogens with zero attached hydrogens (tertiary/aromatic N) is 1. The molecule has 1 rings (SSSR count). The van der Waals surface area contributed by atoms with E-state index in [0.29, 0.717) is 11.6 Å². The maximum absolute atomic E-state index is 13.4. The van der Waals surface area contributed by atoms with Crippen LogP contribution in [0, 0.1) is 18.2 Å². The van der Waals surface area contributed by atoms with Crippen LogP contribution in [0.1, 0.15) is 17.3 Å². The molecule has 0 heterocycles. The minimum Gasteiger partial charge on any atom is -0.328 e. The molecule has 1 aromatic carbocycles. The number of benzene rings is 1. The summed E-state index contributed by atoms with van der Waals surface area (Å²) in [7, 11) is 0. The fourth-order valence-corrected chi connectivity index (χ4v) is 1.44. The summed E-state index contributed by atoms with van der Waals surface area (Å²) in [5.41, 5.74) is -0.0513. The van der Waals surface area contributed by atoms with Crippen LogP contribution in [0.25, 0.3) is 0 Å². The number of hydrogen-bond acceptors (Lipinski definition) is 1. The highest BCUT2D eigenvalue weighted by atomic mass is 35.5. The lowest BCUT2D eigenvalue weighted by Crippen LogP contribution is -2.31. The number of carbonyl (C=O) groups excluding carboxylic acids is 1. The van der Waals surface area contributed by atoms with Gasteiger partial charge in [0.15, 0.2) is 0 Å². The molecule has 0 bridgehead atoms. The lowest BCUT2D eigenvalue weighted by molar-refractivity contribution is 0.0780. The quantitative estimate of drug-likeness (QED) is 0.743. The van der Waals surface area contributed by atoms with Gasteiger partial charge >= 0.3 is 0 Å². The Morgan fingerprint density at radius 3 is 2.88 bits per heavy atom. The smallest absolute Gasteiger partial charge is 0.257 e. The van der Waals surface area contributed by atoms with Gasteiger partial charge in [-0.2, -0.15) is 0 Å². The monoisotopic (exact) mass is 239 g/mol. The van der Waals surface area contributed by atoms with E-state index >= 15 is 0 Å². The summed E-state index contributed by atoms with van der Waals surface area (Å²) in [5, 5.41) is 0.321. The number of hydrogen-bond donors (Lipinski definition) is 0. The molecular formula is C12H11ClFNO. The van der Waals surface area contributed by atoms with Gasteiger partial charge in [0.2, 0.25) is 0 Å². The number of rotatable bonds is 3. The maximum atomic E-state index is 13.4. The van der Waals surface area contributed by atoms with Crippen LogP contribution < -0.4 is 0 Å². The number of carbonyl (C=O) groups is 1. The van der Waals surface area contributed by atoms with Crippen molar-refractivity contribution in [1.29, 1.82) is 0 Å². The molecule has 84 valence electrons. The first-order valence-corrected chi connectivity index (χ1v) is 5.15. The Kier molecular flexibility index (Phi) is 4.33. The summed E-state index contributed by atoms with van der Waals surface area (Å²) < 4.78 is 13.4. The second-order valence-corrected chi connectivity index (χ2v) is 3.58. The van der Waals surface area contributed by atoms with E-state index in [1.54, 1.807) is 6.92 Å². The van der Waals surface area contributed by atoms with E-state index in [0.717, 1.165) is 0 Å². The molecule has 1 amide bonds.